The lowest BCUT2D eigenvalue weighted by Crippen LogP contribution is -2.12. The summed E-state index contributed by atoms with van der Waals surface area (Å²) in [6.45, 7) is 0. The second-order valence-electron chi connectivity index (χ2n) is 4.25. The third kappa shape index (κ3) is 1.97. The van der Waals surface area contributed by atoms with Crippen LogP contribution in [-0.2, 0) is 0 Å². The van der Waals surface area contributed by atoms with Crippen LogP contribution in [0.1, 0.15) is 10.4 Å². The van der Waals surface area contributed by atoms with Crippen molar-refractivity contribution >= 4 is 11.6 Å². The zero-order valence-corrected chi connectivity index (χ0v) is 10.8. The Kier molecular flexibility index (Phi) is 2.83. The molecule has 0 saturated carbocycles. The van der Waals surface area contributed by atoms with E-state index < -0.39 is 5.91 Å². The highest BCUT2D eigenvalue weighted by molar-refractivity contribution is 5.96. The van der Waals surface area contributed by atoms with Crippen molar-refractivity contribution in [2.24, 2.45) is 5.73 Å². The number of hydrogen-bond donors (Lipinski definition) is 1. The van der Waals surface area contributed by atoms with E-state index in [4.69, 9.17) is 10.5 Å². The third-order valence-electron chi connectivity index (χ3n) is 3.02. The van der Waals surface area contributed by atoms with E-state index in [1.54, 1.807) is 30.7 Å². The van der Waals surface area contributed by atoms with Gasteiger partial charge in [-0.05, 0) is 18.2 Å². The number of primary amides is 1. The summed E-state index contributed by atoms with van der Waals surface area (Å²) in [5, 5.41) is 0. The number of methoxy groups -OCH3 is 1. The zero-order chi connectivity index (χ0) is 14.1. The van der Waals surface area contributed by atoms with E-state index >= 15 is 0 Å². The fourth-order valence-electron chi connectivity index (χ4n) is 2.04. The van der Waals surface area contributed by atoms with E-state index in [-0.39, 0.29) is 0 Å². The van der Waals surface area contributed by atoms with Crippen molar-refractivity contribution in [3.63, 3.8) is 0 Å². The SMILES string of the molecule is COc1cc(-c2cn3cnccc3n2)ccc1C(N)=O. The summed E-state index contributed by atoms with van der Waals surface area (Å²) in [6.07, 6.45) is 5.23. The van der Waals surface area contributed by atoms with Crippen molar-refractivity contribution < 1.29 is 9.53 Å². The number of nitrogens with zero attached hydrogens (tertiary/aromatic N) is 3. The summed E-state index contributed by atoms with van der Waals surface area (Å²) in [5.41, 5.74) is 8.05. The molecule has 0 fully saturated rings. The number of ether oxygens (including phenoxy) is 1. The van der Waals surface area contributed by atoms with Gasteiger partial charge in [0.15, 0.2) is 0 Å². The van der Waals surface area contributed by atoms with Crippen LogP contribution in [0.5, 0.6) is 5.75 Å². The van der Waals surface area contributed by atoms with E-state index in [2.05, 4.69) is 9.97 Å². The highest BCUT2D eigenvalue weighted by Crippen LogP contribution is 2.26. The van der Waals surface area contributed by atoms with Crippen LogP contribution >= 0.6 is 0 Å². The van der Waals surface area contributed by atoms with Gasteiger partial charge in [-0.25, -0.2) is 9.97 Å². The number of imidazole rings is 1. The normalized spacial score (nSPS) is 10.7. The molecule has 0 bridgehead atoms. The Morgan fingerprint density at radius 2 is 2.20 bits per heavy atom. The van der Waals surface area contributed by atoms with Crippen LogP contribution < -0.4 is 10.5 Å². The molecule has 1 amide bonds. The summed E-state index contributed by atoms with van der Waals surface area (Å²) >= 11 is 0. The average Bonchev–Trinajstić information content (AvgIpc) is 2.90. The van der Waals surface area contributed by atoms with Crippen LogP contribution in [0.2, 0.25) is 0 Å². The van der Waals surface area contributed by atoms with Crippen LogP contribution in [-0.4, -0.2) is 27.4 Å². The molecular weight excluding hydrogens is 256 g/mol. The smallest absolute Gasteiger partial charge is 0.252 e. The lowest BCUT2D eigenvalue weighted by Gasteiger charge is -2.06. The number of nitrogens with two attached hydrogens (primary N) is 1. The monoisotopic (exact) mass is 268 g/mol. The van der Waals surface area contributed by atoms with E-state index in [9.17, 15) is 4.79 Å². The van der Waals surface area contributed by atoms with Crippen molar-refractivity contribution in [2.45, 2.75) is 0 Å². The van der Waals surface area contributed by atoms with Gasteiger partial charge in [0.1, 0.15) is 17.7 Å². The summed E-state index contributed by atoms with van der Waals surface area (Å²) in [7, 11) is 1.50. The van der Waals surface area contributed by atoms with Crippen LogP contribution in [0.3, 0.4) is 0 Å². The van der Waals surface area contributed by atoms with Crippen LogP contribution in [0.25, 0.3) is 16.9 Å². The molecule has 6 nitrogen and oxygen atoms in total. The van der Waals surface area contributed by atoms with Crippen LogP contribution in [0.4, 0.5) is 0 Å². The maximum Gasteiger partial charge on any atom is 0.252 e. The number of fused-ring (bicyclic) bond motifs is 1. The Bertz CT molecular complexity index is 762. The van der Waals surface area contributed by atoms with Gasteiger partial charge in [0.25, 0.3) is 5.91 Å². The fourth-order valence-corrected chi connectivity index (χ4v) is 2.04. The molecule has 2 aromatic heterocycles. The minimum atomic E-state index is -0.521. The number of carbonyl (C=O) groups is 1. The Morgan fingerprint density at radius 1 is 1.35 bits per heavy atom. The molecule has 1 aromatic carbocycles. The molecular formula is C14H12N4O2. The van der Waals surface area contributed by atoms with E-state index in [0.29, 0.717) is 11.3 Å². The third-order valence-corrected chi connectivity index (χ3v) is 3.02. The predicted octanol–water partition coefficient (Wildman–Crippen LogP) is 1.50. The molecule has 6 heteroatoms. The Hall–Kier alpha value is -2.89. The van der Waals surface area contributed by atoms with Crippen LogP contribution in [0.15, 0.2) is 43.0 Å². The van der Waals surface area contributed by atoms with Crippen molar-refractivity contribution in [1.29, 1.82) is 0 Å². The maximum absolute atomic E-state index is 11.3. The Morgan fingerprint density at radius 3 is 2.90 bits per heavy atom. The molecule has 3 rings (SSSR count). The Labute approximate surface area is 114 Å². The first kappa shape index (κ1) is 12.2. The minimum Gasteiger partial charge on any atom is -0.496 e. The predicted molar refractivity (Wildman–Crippen MR) is 73.5 cm³/mol. The molecule has 0 aliphatic rings. The Balaban J connectivity index is 2.12. The highest BCUT2D eigenvalue weighted by atomic mass is 16.5. The van der Waals surface area contributed by atoms with Crippen molar-refractivity contribution in [3.8, 4) is 17.0 Å². The number of aromatic nitrogens is 3. The molecule has 0 radical (unpaired) electrons. The second kappa shape index (κ2) is 4.65. The number of hydrogen-bond acceptors (Lipinski definition) is 4. The molecule has 0 aliphatic heterocycles. The molecule has 2 heterocycles. The van der Waals surface area contributed by atoms with Gasteiger partial charge in [-0.1, -0.05) is 6.07 Å². The summed E-state index contributed by atoms with van der Waals surface area (Å²) in [5.74, 6) is -0.0854. The molecule has 0 atom stereocenters. The van der Waals surface area contributed by atoms with Gasteiger partial charge >= 0.3 is 0 Å². The fraction of sp³-hybridized carbons (Fsp3) is 0.0714. The van der Waals surface area contributed by atoms with Crippen molar-refractivity contribution in [3.05, 3.63) is 48.5 Å². The topological polar surface area (TPSA) is 82.5 Å². The molecule has 0 spiro atoms. The molecule has 0 saturated heterocycles. The molecule has 20 heavy (non-hydrogen) atoms. The average molecular weight is 268 g/mol. The van der Waals surface area contributed by atoms with E-state index in [1.165, 1.54) is 7.11 Å². The van der Waals surface area contributed by atoms with Gasteiger partial charge in [0.05, 0.1) is 18.4 Å². The summed E-state index contributed by atoms with van der Waals surface area (Å²) in [4.78, 5) is 19.8. The zero-order valence-electron chi connectivity index (χ0n) is 10.8. The highest BCUT2D eigenvalue weighted by Gasteiger charge is 2.12. The second-order valence-corrected chi connectivity index (χ2v) is 4.25. The van der Waals surface area contributed by atoms with Gasteiger partial charge in [0.2, 0.25) is 0 Å². The maximum atomic E-state index is 11.3. The van der Waals surface area contributed by atoms with Gasteiger partial charge in [0, 0.05) is 18.0 Å². The molecule has 2 N–H and O–H groups in total. The molecule has 100 valence electrons. The first-order valence-corrected chi connectivity index (χ1v) is 5.96. The standard InChI is InChI=1S/C14H12N4O2/c1-20-12-6-9(2-3-10(12)14(15)19)11-7-18-8-16-5-4-13(18)17-11/h2-8H,1H3,(H2,15,19). The lowest BCUT2D eigenvalue weighted by molar-refractivity contribution is 0.0997. The molecule has 0 aliphatic carbocycles. The van der Waals surface area contributed by atoms with Crippen molar-refractivity contribution in [1.82, 2.24) is 14.4 Å². The lowest BCUT2D eigenvalue weighted by atomic mass is 10.1. The first-order chi connectivity index (χ1) is 9.69. The van der Waals surface area contributed by atoms with Crippen molar-refractivity contribution in [2.75, 3.05) is 7.11 Å². The summed E-state index contributed by atoms with van der Waals surface area (Å²) in [6, 6.07) is 6.99. The minimum absolute atomic E-state index is 0.349. The van der Waals surface area contributed by atoms with Gasteiger partial charge in [-0.15, -0.1) is 0 Å². The number of rotatable bonds is 3. The number of carbonyl (C=O) groups excluding carboxylic acids is 1. The number of amides is 1. The quantitative estimate of drug-likeness (QED) is 0.780. The first-order valence-electron chi connectivity index (χ1n) is 5.96. The molecule has 3 aromatic rings. The largest absolute Gasteiger partial charge is 0.496 e. The van der Waals surface area contributed by atoms with Gasteiger partial charge < -0.3 is 10.5 Å². The van der Waals surface area contributed by atoms with E-state index in [0.717, 1.165) is 16.9 Å². The van der Waals surface area contributed by atoms with Crippen LogP contribution in [0, 0.1) is 0 Å². The number of benzene rings is 1. The van der Waals surface area contributed by atoms with Gasteiger partial charge in [-0.3, -0.25) is 9.20 Å². The van der Waals surface area contributed by atoms with E-state index in [1.807, 2.05) is 16.7 Å². The molecule has 0 unspecified atom stereocenters. The van der Waals surface area contributed by atoms with Gasteiger partial charge in [-0.2, -0.15) is 0 Å². The summed E-state index contributed by atoms with van der Waals surface area (Å²) < 4.78 is 7.02.